The van der Waals surface area contributed by atoms with Crippen molar-refractivity contribution in [3.63, 3.8) is 0 Å². The van der Waals surface area contributed by atoms with Crippen molar-refractivity contribution in [1.82, 2.24) is 19.4 Å². The number of likely N-dealkylation sites (tertiary alicyclic amines) is 1. The number of aromatic nitrogens is 2. The molecule has 4 rings (SSSR count). The van der Waals surface area contributed by atoms with Crippen LogP contribution < -0.4 is 4.72 Å². The average Bonchev–Trinajstić information content (AvgIpc) is 3.38. The fourth-order valence-corrected chi connectivity index (χ4v) is 5.91. The van der Waals surface area contributed by atoms with Crippen molar-refractivity contribution in [3.05, 3.63) is 48.3 Å². The molecular weight excluding hydrogens is 388 g/mol. The number of amides is 1. The van der Waals surface area contributed by atoms with E-state index in [0.29, 0.717) is 26.1 Å². The van der Waals surface area contributed by atoms with E-state index in [1.54, 1.807) is 10.9 Å². The van der Waals surface area contributed by atoms with Gasteiger partial charge in [0.2, 0.25) is 15.9 Å². The van der Waals surface area contributed by atoms with Crippen molar-refractivity contribution < 1.29 is 13.2 Å². The smallest absolute Gasteiger partial charge is 0.243 e. The summed E-state index contributed by atoms with van der Waals surface area (Å²) in [6.45, 7) is 3.48. The van der Waals surface area contributed by atoms with E-state index in [-0.39, 0.29) is 22.3 Å². The number of nitrogens with one attached hydrogen (secondary N) is 1. The summed E-state index contributed by atoms with van der Waals surface area (Å²) in [6.07, 6.45) is 7.02. The highest BCUT2D eigenvalue weighted by Crippen LogP contribution is 2.48. The van der Waals surface area contributed by atoms with Gasteiger partial charge in [0.05, 0.1) is 6.20 Å². The van der Waals surface area contributed by atoms with E-state index in [2.05, 4.69) is 9.82 Å². The van der Waals surface area contributed by atoms with Crippen LogP contribution in [0.1, 0.15) is 44.6 Å². The van der Waals surface area contributed by atoms with Crippen LogP contribution in [-0.2, 0) is 27.9 Å². The van der Waals surface area contributed by atoms with Gasteiger partial charge < -0.3 is 4.90 Å². The van der Waals surface area contributed by atoms with Crippen LogP contribution in [0, 0.1) is 5.41 Å². The minimum Gasteiger partial charge on any atom is -0.335 e. The van der Waals surface area contributed by atoms with Crippen molar-refractivity contribution in [2.24, 2.45) is 5.41 Å². The highest BCUT2D eigenvalue weighted by molar-refractivity contribution is 7.89. The van der Waals surface area contributed by atoms with Gasteiger partial charge in [0.15, 0.2) is 0 Å². The van der Waals surface area contributed by atoms with Gasteiger partial charge in [-0.1, -0.05) is 36.8 Å². The molecule has 0 radical (unpaired) electrons. The number of hydrogen-bond donors (Lipinski definition) is 1. The molecule has 0 spiro atoms. The summed E-state index contributed by atoms with van der Waals surface area (Å²) in [5, 5.41) is 4.07. The Morgan fingerprint density at radius 1 is 1.24 bits per heavy atom. The predicted molar refractivity (Wildman–Crippen MR) is 109 cm³/mol. The number of hydrogen-bond acceptors (Lipinski definition) is 4. The summed E-state index contributed by atoms with van der Waals surface area (Å²) >= 11 is 0. The fraction of sp³-hybridized carbons (Fsp3) is 0.524. The molecule has 2 atom stereocenters. The molecule has 2 aromatic rings. The van der Waals surface area contributed by atoms with Crippen molar-refractivity contribution >= 4 is 15.9 Å². The van der Waals surface area contributed by atoms with Gasteiger partial charge in [-0.05, 0) is 31.7 Å². The number of aryl methyl sites for hydroxylation is 1. The lowest BCUT2D eigenvalue weighted by Gasteiger charge is -2.46. The third-order valence-corrected chi connectivity index (χ3v) is 7.80. The minimum atomic E-state index is -3.62. The average molecular weight is 417 g/mol. The zero-order chi connectivity index (χ0) is 20.5. The highest BCUT2D eigenvalue weighted by Gasteiger charge is 2.50. The quantitative estimate of drug-likeness (QED) is 0.752. The summed E-state index contributed by atoms with van der Waals surface area (Å²) in [6, 6.07) is 10.1. The standard InChI is InChI=1S/C21H28N4O3S/c1-2-24-15-18(13-22-24)29(27,28)23-16-21-11-6-9-19(21)25(20(26)10-12-21)14-17-7-4-3-5-8-17/h3-5,7-8,13,15,19,23H,2,6,9-12,14,16H2,1H3/t19-,21+/m1/s1. The molecule has 2 aliphatic rings. The number of fused-ring (bicyclic) bond motifs is 1. The molecule has 0 bridgehead atoms. The molecule has 2 fully saturated rings. The molecule has 1 aliphatic carbocycles. The molecule has 0 unspecified atom stereocenters. The van der Waals surface area contributed by atoms with Crippen molar-refractivity contribution in [2.45, 2.75) is 63.1 Å². The number of sulfonamides is 1. The van der Waals surface area contributed by atoms with Gasteiger partial charge in [0.25, 0.3) is 0 Å². The van der Waals surface area contributed by atoms with Crippen LogP contribution in [0.4, 0.5) is 0 Å². The van der Waals surface area contributed by atoms with Crippen molar-refractivity contribution in [3.8, 4) is 0 Å². The van der Waals surface area contributed by atoms with Gasteiger partial charge in [0, 0.05) is 43.7 Å². The van der Waals surface area contributed by atoms with E-state index >= 15 is 0 Å². The first-order chi connectivity index (χ1) is 13.9. The predicted octanol–water partition coefficient (Wildman–Crippen LogP) is 2.54. The number of carbonyl (C=O) groups is 1. The fourth-order valence-electron chi connectivity index (χ4n) is 4.82. The Hall–Kier alpha value is -2.19. The highest BCUT2D eigenvalue weighted by atomic mass is 32.2. The van der Waals surface area contributed by atoms with Gasteiger partial charge in [0.1, 0.15) is 4.90 Å². The second kappa shape index (κ2) is 7.91. The first-order valence-corrected chi connectivity index (χ1v) is 11.8. The Kier molecular flexibility index (Phi) is 5.48. The van der Waals surface area contributed by atoms with Gasteiger partial charge >= 0.3 is 0 Å². The third-order valence-electron chi connectivity index (χ3n) is 6.45. The molecule has 1 aliphatic heterocycles. The van der Waals surface area contributed by atoms with Crippen molar-refractivity contribution in [1.29, 1.82) is 0 Å². The van der Waals surface area contributed by atoms with Crippen LogP contribution in [0.2, 0.25) is 0 Å². The topological polar surface area (TPSA) is 84.3 Å². The third kappa shape index (κ3) is 3.96. The largest absolute Gasteiger partial charge is 0.335 e. The van der Waals surface area contributed by atoms with Crippen molar-refractivity contribution in [2.75, 3.05) is 6.54 Å². The van der Waals surface area contributed by atoms with Crippen LogP contribution in [0.5, 0.6) is 0 Å². The van der Waals surface area contributed by atoms with Gasteiger partial charge in [-0.3, -0.25) is 9.48 Å². The lowest BCUT2D eigenvalue weighted by atomic mass is 9.74. The maximum atomic E-state index is 12.8. The monoisotopic (exact) mass is 416 g/mol. The van der Waals surface area contributed by atoms with E-state index in [1.165, 1.54) is 6.20 Å². The van der Waals surface area contributed by atoms with Gasteiger partial charge in [-0.25, -0.2) is 13.1 Å². The maximum Gasteiger partial charge on any atom is 0.243 e. The van der Waals surface area contributed by atoms with Crippen LogP contribution in [0.3, 0.4) is 0 Å². The van der Waals surface area contributed by atoms with Crippen LogP contribution >= 0.6 is 0 Å². The molecule has 2 heterocycles. The minimum absolute atomic E-state index is 0.0741. The summed E-state index contributed by atoms with van der Waals surface area (Å²) < 4.78 is 30.0. The number of nitrogens with zero attached hydrogens (tertiary/aromatic N) is 3. The Bertz CT molecular complexity index is 973. The zero-order valence-electron chi connectivity index (χ0n) is 16.8. The Morgan fingerprint density at radius 2 is 2.03 bits per heavy atom. The zero-order valence-corrected chi connectivity index (χ0v) is 17.6. The van der Waals surface area contributed by atoms with Gasteiger partial charge in [-0.15, -0.1) is 0 Å². The molecule has 156 valence electrons. The summed E-state index contributed by atoms with van der Waals surface area (Å²) in [4.78, 5) is 14.9. The van der Waals surface area contributed by atoms with E-state index in [0.717, 1.165) is 31.2 Å². The molecule has 1 saturated carbocycles. The normalized spacial score (nSPS) is 24.7. The molecule has 7 nitrogen and oxygen atoms in total. The first-order valence-electron chi connectivity index (χ1n) is 10.3. The maximum absolute atomic E-state index is 12.8. The van der Waals surface area contributed by atoms with Crippen LogP contribution in [-0.4, -0.2) is 41.6 Å². The molecule has 1 amide bonds. The number of piperidine rings is 1. The van der Waals surface area contributed by atoms with Crippen LogP contribution in [0.15, 0.2) is 47.6 Å². The number of rotatable bonds is 7. The lowest BCUT2D eigenvalue weighted by Crippen LogP contribution is -2.55. The second-order valence-corrected chi connectivity index (χ2v) is 9.90. The molecule has 29 heavy (non-hydrogen) atoms. The Balaban J connectivity index is 1.52. The van der Waals surface area contributed by atoms with E-state index in [1.807, 2.05) is 42.2 Å². The SMILES string of the molecule is CCn1cc(S(=O)(=O)NC[C@@]23CCC[C@H]2N(Cc2ccccc2)C(=O)CC3)cn1. The number of benzene rings is 1. The van der Waals surface area contributed by atoms with E-state index in [9.17, 15) is 13.2 Å². The first kappa shape index (κ1) is 20.1. The molecule has 1 N–H and O–H groups in total. The second-order valence-electron chi connectivity index (χ2n) is 8.13. The lowest BCUT2D eigenvalue weighted by molar-refractivity contribution is -0.142. The molecular formula is C21H28N4O3S. The molecule has 1 aromatic heterocycles. The summed E-state index contributed by atoms with van der Waals surface area (Å²) in [5.41, 5.74) is 0.910. The number of carbonyl (C=O) groups excluding carboxylic acids is 1. The molecule has 8 heteroatoms. The summed E-state index contributed by atoms with van der Waals surface area (Å²) in [5.74, 6) is 0.170. The molecule has 1 aromatic carbocycles. The Morgan fingerprint density at radius 3 is 2.76 bits per heavy atom. The van der Waals surface area contributed by atoms with Crippen LogP contribution in [0.25, 0.3) is 0 Å². The van der Waals surface area contributed by atoms with Gasteiger partial charge in [-0.2, -0.15) is 5.10 Å². The van der Waals surface area contributed by atoms with E-state index < -0.39 is 10.0 Å². The summed E-state index contributed by atoms with van der Waals surface area (Å²) in [7, 11) is -3.62. The van der Waals surface area contributed by atoms with E-state index in [4.69, 9.17) is 0 Å². The Labute approximate surface area is 172 Å². The molecule has 1 saturated heterocycles.